The van der Waals surface area contributed by atoms with Gasteiger partial charge in [-0.1, -0.05) is 13.0 Å². The molecule has 3 nitrogen and oxygen atoms in total. The monoisotopic (exact) mass is 277 g/mol. The highest BCUT2D eigenvalue weighted by Crippen LogP contribution is 2.48. The number of pyridine rings is 1. The molecule has 1 aromatic heterocycles. The molecule has 0 spiro atoms. The van der Waals surface area contributed by atoms with Crippen molar-refractivity contribution in [2.24, 2.45) is 0 Å². The van der Waals surface area contributed by atoms with E-state index >= 15 is 0 Å². The lowest BCUT2D eigenvalue weighted by molar-refractivity contribution is 0.00578. The average molecular weight is 277 g/mol. The van der Waals surface area contributed by atoms with Crippen LogP contribution >= 0.6 is 0 Å². The molecule has 2 aliphatic rings. The lowest BCUT2D eigenvalue weighted by atomic mass is 9.83. The Kier molecular flexibility index (Phi) is 2.84. The van der Waals surface area contributed by atoms with Gasteiger partial charge in [0, 0.05) is 5.56 Å². The van der Waals surface area contributed by atoms with E-state index in [2.05, 4.69) is 11.9 Å². The molecule has 2 heterocycles. The van der Waals surface area contributed by atoms with Crippen LogP contribution in [0.1, 0.15) is 53.0 Å². The predicted molar refractivity (Wildman–Crippen MR) is 76.5 cm³/mol. The Balaban J connectivity index is 1.88. The second-order valence-electron chi connectivity index (χ2n) is 7.22. The Bertz CT molecular complexity index is 539. The molecule has 5 heteroatoms. The minimum Gasteiger partial charge on any atom is -0.398 e. The van der Waals surface area contributed by atoms with Crippen LogP contribution in [0.2, 0.25) is 0 Å². The van der Waals surface area contributed by atoms with Gasteiger partial charge in [0.05, 0.1) is 16.8 Å². The van der Waals surface area contributed by atoms with Crippen LogP contribution in [0.5, 0.6) is 0 Å². The van der Waals surface area contributed by atoms with E-state index in [0.29, 0.717) is 11.2 Å². The summed E-state index contributed by atoms with van der Waals surface area (Å²) in [5.74, 6) is -0.391. The summed E-state index contributed by atoms with van der Waals surface area (Å²) in [5, 5.41) is 0. The zero-order chi connectivity index (χ0) is 14.8. The van der Waals surface area contributed by atoms with Crippen LogP contribution in [0.15, 0.2) is 12.1 Å². The van der Waals surface area contributed by atoms with Gasteiger partial charge >= 0.3 is 7.12 Å². The fourth-order valence-electron chi connectivity index (χ4n) is 2.45. The summed E-state index contributed by atoms with van der Waals surface area (Å²) >= 11 is 0. The second-order valence-corrected chi connectivity index (χ2v) is 7.22. The van der Waals surface area contributed by atoms with E-state index in [4.69, 9.17) is 9.31 Å². The molecule has 0 N–H and O–H groups in total. The van der Waals surface area contributed by atoms with Crippen LogP contribution in [0.4, 0.5) is 4.39 Å². The van der Waals surface area contributed by atoms with Crippen LogP contribution in [0.3, 0.4) is 0 Å². The maximum atomic E-state index is 14.2. The first-order valence-electron chi connectivity index (χ1n) is 7.17. The van der Waals surface area contributed by atoms with E-state index in [-0.39, 0.29) is 5.41 Å². The molecule has 1 aromatic rings. The van der Waals surface area contributed by atoms with Gasteiger partial charge in [-0.15, -0.1) is 0 Å². The molecule has 2 fully saturated rings. The van der Waals surface area contributed by atoms with E-state index in [1.807, 2.05) is 39.8 Å². The fourth-order valence-corrected chi connectivity index (χ4v) is 2.45. The van der Waals surface area contributed by atoms with Gasteiger partial charge in [-0.25, -0.2) is 4.98 Å². The smallest absolute Gasteiger partial charge is 0.398 e. The van der Waals surface area contributed by atoms with Gasteiger partial charge in [-0.05, 0) is 52.0 Å². The Morgan fingerprint density at radius 1 is 1.05 bits per heavy atom. The number of nitrogens with zero attached hydrogens (tertiary/aromatic N) is 1. The first-order chi connectivity index (χ1) is 9.15. The standard InChI is InChI=1S/C15H21BFNO2/c1-13(2)14(3,4)20-16(19-13)11-7-6-10(12(17)18-11)15(5)8-9-15/h6-7H,8-9H2,1-5H3. The summed E-state index contributed by atoms with van der Waals surface area (Å²) in [6.45, 7) is 9.97. The third-order valence-corrected chi connectivity index (χ3v) is 5.02. The van der Waals surface area contributed by atoms with Crippen LogP contribution in [-0.4, -0.2) is 23.3 Å². The maximum Gasteiger partial charge on any atom is 0.514 e. The summed E-state index contributed by atoms with van der Waals surface area (Å²) in [4.78, 5) is 4.08. The van der Waals surface area contributed by atoms with Crippen LogP contribution < -0.4 is 5.59 Å². The molecule has 0 atom stereocenters. The third-order valence-electron chi connectivity index (χ3n) is 5.02. The van der Waals surface area contributed by atoms with Crippen molar-refractivity contribution in [1.29, 1.82) is 0 Å². The van der Waals surface area contributed by atoms with Crippen LogP contribution in [0.25, 0.3) is 0 Å². The van der Waals surface area contributed by atoms with Crippen molar-refractivity contribution < 1.29 is 13.7 Å². The summed E-state index contributed by atoms with van der Waals surface area (Å²) < 4.78 is 26.0. The summed E-state index contributed by atoms with van der Waals surface area (Å²) in [7, 11) is -0.601. The van der Waals surface area contributed by atoms with Crippen molar-refractivity contribution >= 4 is 12.7 Å². The molecule has 0 amide bonds. The molecular formula is C15H21BFNO2. The van der Waals surface area contributed by atoms with Crippen LogP contribution in [-0.2, 0) is 14.7 Å². The van der Waals surface area contributed by atoms with Crippen molar-refractivity contribution in [3.8, 4) is 0 Å². The predicted octanol–water partition coefficient (Wildman–Crippen LogP) is 2.57. The lowest BCUT2D eigenvalue weighted by Gasteiger charge is -2.32. The van der Waals surface area contributed by atoms with Crippen molar-refractivity contribution in [1.82, 2.24) is 4.98 Å². The maximum absolute atomic E-state index is 14.2. The highest BCUT2D eigenvalue weighted by molar-refractivity contribution is 6.61. The van der Waals surface area contributed by atoms with Crippen LogP contribution in [0, 0.1) is 5.95 Å². The van der Waals surface area contributed by atoms with Gasteiger partial charge in [0.25, 0.3) is 0 Å². The van der Waals surface area contributed by atoms with Crippen molar-refractivity contribution in [2.45, 2.75) is 64.1 Å². The molecule has 0 aromatic carbocycles. The molecule has 108 valence electrons. The van der Waals surface area contributed by atoms with Gasteiger partial charge in [-0.3, -0.25) is 0 Å². The minimum atomic E-state index is -0.601. The number of halogens is 1. The van der Waals surface area contributed by atoms with Crippen molar-refractivity contribution in [3.05, 3.63) is 23.6 Å². The quantitative estimate of drug-likeness (QED) is 0.615. The lowest BCUT2D eigenvalue weighted by Crippen LogP contribution is -2.41. The number of aromatic nitrogens is 1. The first-order valence-corrected chi connectivity index (χ1v) is 7.17. The molecule has 0 radical (unpaired) electrons. The molecule has 1 saturated carbocycles. The third kappa shape index (κ3) is 2.08. The van der Waals surface area contributed by atoms with E-state index in [1.165, 1.54) is 0 Å². The molecular weight excluding hydrogens is 256 g/mol. The molecule has 0 unspecified atom stereocenters. The summed E-state index contributed by atoms with van der Waals surface area (Å²) in [5.41, 5.74) is 0.325. The molecule has 0 bridgehead atoms. The zero-order valence-electron chi connectivity index (χ0n) is 12.8. The highest BCUT2D eigenvalue weighted by Gasteiger charge is 2.52. The fraction of sp³-hybridized carbons (Fsp3) is 0.667. The first kappa shape index (κ1) is 14.0. The van der Waals surface area contributed by atoms with E-state index in [0.717, 1.165) is 12.8 Å². The van der Waals surface area contributed by atoms with Gasteiger partial charge in [0.1, 0.15) is 0 Å². The van der Waals surface area contributed by atoms with Crippen molar-refractivity contribution in [2.75, 3.05) is 0 Å². The minimum absolute atomic E-state index is 0.0223. The molecule has 1 saturated heterocycles. The van der Waals surface area contributed by atoms with E-state index in [9.17, 15) is 4.39 Å². The molecule has 1 aliphatic heterocycles. The zero-order valence-corrected chi connectivity index (χ0v) is 12.8. The number of hydrogen-bond donors (Lipinski definition) is 0. The molecule has 20 heavy (non-hydrogen) atoms. The SMILES string of the molecule is CC1(c2ccc(B3OC(C)(C)C(C)(C)O3)nc2F)CC1. The largest absolute Gasteiger partial charge is 0.514 e. The second kappa shape index (κ2) is 4.04. The van der Waals surface area contributed by atoms with E-state index < -0.39 is 24.3 Å². The molecule has 1 aliphatic carbocycles. The summed E-state index contributed by atoms with van der Waals surface area (Å²) in [6.07, 6.45) is 2.06. The molecule has 3 rings (SSSR count). The normalized spacial score (nSPS) is 25.8. The number of hydrogen-bond acceptors (Lipinski definition) is 3. The van der Waals surface area contributed by atoms with Crippen molar-refractivity contribution in [3.63, 3.8) is 0 Å². The van der Waals surface area contributed by atoms with Gasteiger partial charge < -0.3 is 9.31 Å². The number of rotatable bonds is 2. The van der Waals surface area contributed by atoms with Gasteiger partial charge in [-0.2, -0.15) is 4.39 Å². The topological polar surface area (TPSA) is 31.4 Å². The van der Waals surface area contributed by atoms with Gasteiger partial charge in [0.15, 0.2) is 0 Å². The Morgan fingerprint density at radius 3 is 2.05 bits per heavy atom. The van der Waals surface area contributed by atoms with Gasteiger partial charge in [0.2, 0.25) is 5.95 Å². The average Bonchev–Trinajstić information content (AvgIpc) is 3.01. The Labute approximate surface area is 120 Å². The Hall–Kier alpha value is -0.935. The Morgan fingerprint density at radius 2 is 1.60 bits per heavy atom. The summed E-state index contributed by atoms with van der Waals surface area (Å²) in [6, 6.07) is 3.65. The highest BCUT2D eigenvalue weighted by atomic mass is 19.1. The van der Waals surface area contributed by atoms with E-state index in [1.54, 1.807) is 0 Å².